The summed E-state index contributed by atoms with van der Waals surface area (Å²) in [7, 11) is 1.58. The molecule has 2 aromatic heterocycles. The third kappa shape index (κ3) is 3.49. The standard InChI is InChI=1S/C23H18ClFN4O2/c1-31-12-18-21(13-5-7-17(25)8-6-13)23-27-26-22-19(29(23)28-18)10-15(11-20(22)30)14-3-2-4-16(24)9-14/h2-9,15H,10-12H2,1H3/t15-/m1/s1. The molecule has 2 heterocycles. The second-order valence-corrected chi connectivity index (χ2v) is 8.01. The third-order valence-corrected chi connectivity index (χ3v) is 5.81. The van der Waals surface area contributed by atoms with Gasteiger partial charge >= 0.3 is 0 Å². The molecule has 0 aliphatic heterocycles. The lowest BCUT2D eigenvalue weighted by Crippen LogP contribution is -2.24. The number of ether oxygens (including phenoxy) is 1. The Bertz CT molecular complexity index is 1300. The number of methoxy groups -OCH3 is 1. The Labute approximate surface area is 182 Å². The van der Waals surface area contributed by atoms with Crippen LogP contribution in [0.4, 0.5) is 4.39 Å². The Kier molecular flexibility index (Phi) is 5.00. The number of benzene rings is 2. The molecule has 5 rings (SSSR count). The zero-order chi connectivity index (χ0) is 21.5. The highest BCUT2D eigenvalue weighted by atomic mass is 35.5. The van der Waals surface area contributed by atoms with Gasteiger partial charge in [-0.1, -0.05) is 35.9 Å². The molecule has 6 nitrogen and oxygen atoms in total. The van der Waals surface area contributed by atoms with Gasteiger partial charge in [-0.15, -0.1) is 10.2 Å². The van der Waals surface area contributed by atoms with Gasteiger partial charge in [-0.3, -0.25) is 4.79 Å². The van der Waals surface area contributed by atoms with Crippen molar-refractivity contribution < 1.29 is 13.9 Å². The fourth-order valence-corrected chi connectivity index (χ4v) is 4.36. The molecule has 0 bridgehead atoms. The minimum atomic E-state index is -0.327. The quantitative estimate of drug-likeness (QED) is 0.466. The normalized spacial score (nSPS) is 16.0. The van der Waals surface area contributed by atoms with Crippen molar-refractivity contribution in [3.63, 3.8) is 0 Å². The molecule has 0 spiro atoms. The topological polar surface area (TPSA) is 69.4 Å². The molecule has 0 amide bonds. The van der Waals surface area contributed by atoms with Crippen LogP contribution in [0.3, 0.4) is 0 Å². The Morgan fingerprint density at radius 1 is 1.16 bits per heavy atom. The van der Waals surface area contributed by atoms with E-state index < -0.39 is 0 Å². The summed E-state index contributed by atoms with van der Waals surface area (Å²) in [6, 6.07) is 13.7. The van der Waals surface area contributed by atoms with Gasteiger partial charge in [-0.2, -0.15) is 5.10 Å². The number of hydrogen-bond donors (Lipinski definition) is 0. The summed E-state index contributed by atoms with van der Waals surface area (Å²) in [5.41, 5.74) is 4.67. The minimum Gasteiger partial charge on any atom is -0.378 e. The maximum atomic E-state index is 13.5. The highest BCUT2D eigenvalue weighted by Gasteiger charge is 2.32. The lowest BCUT2D eigenvalue weighted by Gasteiger charge is -2.23. The van der Waals surface area contributed by atoms with Crippen molar-refractivity contribution in [3.05, 3.63) is 82.0 Å². The van der Waals surface area contributed by atoms with Gasteiger partial charge in [0.25, 0.3) is 0 Å². The second kappa shape index (κ2) is 7.83. The number of fused-ring (bicyclic) bond motifs is 3. The fourth-order valence-electron chi connectivity index (χ4n) is 4.16. The van der Waals surface area contributed by atoms with Crippen LogP contribution in [0.15, 0.2) is 48.5 Å². The number of carbonyl (C=O) groups is 1. The van der Waals surface area contributed by atoms with Crippen LogP contribution in [0.2, 0.25) is 5.02 Å². The third-order valence-electron chi connectivity index (χ3n) is 5.58. The van der Waals surface area contributed by atoms with Gasteiger partial charge in [-0.05, 0) is 47.7 Å². The molecular weight excluding hydrogens is 419 g/mol. The number of rotatable bonds is 4. The van der Waals surface area contributed by atoms with Crippen molar-refractivity contribution in [3.8, 4) is 11.1 Å². The van der Waals surface area contributed by atoms with Crippen LogP contribution in [0.25, 0.3) is 16.8 Å². The summed E-state index contributed by atoms with van der Waals surface area (Å²) in [6.07, 6.45) is 0.912. The monoisotopic (exact) mass is 436 g/mol. The van der Waals surface area contributed by atoms with E-state index >= 15 is 0 Å². The zero-order valence-electron chi connectivity index (χ0n) is 16.7. The van der Waals surface area contributed by atoms with Crippen molar-refractivity contribution in [2.45, 2.75) is 25.4 Å². The van der Waals surface area contributed by atoms with E-state index in [0.717, 1.165) is 16.7 Å². The van der Waals surface area contributed by atoms with Gasteiger partial charge in [0, 0.05) is 18.6 Å². The number of hydrogen-bond acceptors (Lipinski definition) is 5. The summed E-state index contributed by atoms with van der Waals surface area (Å²) in [5.74, 6) is -0.435. The predicted octanol–water partition coefficient (Wildman–Crippen LogP) is 4.64. The van der Waals surface area contributed by atoms with Gasteiger partial charge in [0.15, 0.2) is 17.1 Å². The molecule has 2 aromatic carbocycles. The Morgan fingerprint density at radius 2 is 1.97 bits per heavy atom. The lowest BCUT2D eigenvalue weighted by atomic mass is 9.83. The number of nitrogens with zero attached hydrogens (tertiary/aromatic N) is 4. The Hall–Kier alpha value is -3.16. The fraction of sp³-hybridized carbons (Fsp3) is 0.217. The average Bonchev–Trinajstić information content (AvgIpc) is 3.13. The van der Waals surface area contributed by atoms with Crippen molar-refractivity contribution in [2.24, 2.45) is 0 Å². The first-order valence-corrected chi connectivity index (χ1v) is 10.2. The molecule has 0 fully saturated rings. The van der Waals surface area contributed by atoms with E-state index in [0.29, 0.717) is 40.6 Å². The molecular formula is C23H18ClFN4O2. The van der Waals surface area contributed by atoms with Gasteiger partial charge in [0.2, 0.25) is 0 Å². The van der Waals surface area contributed by atoms with E-state index in [2.05, 4.69) is 10.2 Å². The van der Waals surface area contributed by atoms with E-state index in [9.17, 15) is 9.18 Å². The van der Waals surface area contributed by atoms with Gasteiger partial charge in [-0.25, -0.2) is 8.91 Å². The Morgan fingerprint density at radius 3 is 2.71 bits per heavy atom. The van der Waals surface area contributed by atoms with E-state index in [1.807, 2.05) is 24.3 Å². The molecule has 31 heavy (non-hydrogen) atoms. The number of Topliss-reactive ketones (excluding diaryl/α,β-unsaturated/α-hetero) is 1. The van der Waals surface area contributed by atoms with Crippen LogP contribution in [-0.4, -0.2) is 32.7 Å². The first-order valence-electron chi connectivity index (χ1n) is 9.86. The molecule has 4 aromatic rings. The second-order valence-electron chi connectivity index (χ2n) is 7.58. The average molecular weight is 437 g/mol. The first-order chi connectivity index (χ1) is 15.0. The van der Waals surface area contributed by atoms with Crippen molar-refractivity contribution in [2.75, 3.05) is 7.11 Å². The smallest absolute Gasteiger partial charge is 0.185 e. The van der Waals surface area contributed by atoms with E-state index in [1.54, 1.807) is 23.8 Å². The van der Waals surface area contributed by atoms with Gasteiger partial charge in [0.05, 0.1) is 23.6 Å². The summed E-state index contributed by atoms with van der Waals surface area (Å²) in [5, 5.41) is 13.9. The number of halogens is 2. The van der Waals surface area contributed by atoms with E-state index in [1.165, 1.54) is 12.1 Å². The molecule has 156 valence electrons. The molecule has 0 saturated carbocycles. The molecule has 1 aliphatic carbocycles. The van der Waals surface area contributed by atoms with Gasteiger partial charge < -0.3 is 4.74 Å². The molecule has 0 N–H and O–H groups in total. The minimum absolute atomic E-state index is 0.0320. The zero-order valence-corrected chi connectivity index (χ0v) is 17.4. The Balaban J connectivity index is 1.68. The SMILES string of the molecule is COCc1nn2c3c(nnc2c1-c1ccc(F)cc1)C(=O)C[C@H](c1cccc(Cl)c1)C3. The molecule has 8 heteroatoms. The first kappa shape index (κ1) is 19.8. The van der Waals surface area contributed by atoms with Crippen LogP contribution < -0.4 is 0 Å². The summed E-state index contributed by atoms with van der Waals surface area (Å²) in [4.78, 5) is 12.9. The molecule has 1 aliphatic rings. The largest absolute Gasteiger partial charge is 0.378 e. The maximum Gasteiger partial charge on any atom is 0.185 e. The van der Waals surface area contributed by atoms with E-state index in [-0.39, 0.29) is 24.1 Å². The summed E-state index contributed by atoms with van der Waals surface area (Å²) in [6.45, 7) is 0.247. The van der Waals surface area contributed by atoms with Crippen LogP contribution in [0, 0.1) is 5.82 Å². The van der Waals surface area contributed by atoms with Crippen LogP contribution in [0.5, 0.6) is 0 Å². The number of carbonyl (C=O) groups excluding carboxylic acids is 1. The van der Waals surface area contributed by atoms with E-state index in [4.69, 9.17) is 21.4 Å². The maximum absolute atomic E-state index is 13.5. The van der Waals surface area contributed by atoms with Crippen LogP contribution in [-0.2, 0) is 17.8 Å². The molecule has 0 unspecified atom stereocenters. The predicted molar refractivity (Wildman–Crippen MR) is 114 cm³/mol. The van der Waals surface area contributed by atoms with Crippen molar-refractivity contribution >= 4 is 23.0 Å². The van der Waals surface area contributed by atoms with Crippen molar-refractivity contribution in [1.29, 1.82) is 0 Å². The van der Waals surface area contributed by atoms with Crippen LogP contribution in [0.1, 0.15) is 39.8 Å². The summed E-state index contributed by atoms with van der Waals surface area (Å²) < 4.78 is 20.5. The number of ketones is 1. The number of aromatic nitrogens is 4. The van der Waals surface area contributed by atoms with Gasteiger partial charge in [0.1, 0.15) is 5.82 Å². The molecule has 0 saturated heterocycles. The highest BCUT2D eigenvalue weighted by molar-refractivity contribution is 6.30. The lowest BCUT2D eigenvalue weighted by molar-refractivity contribution is 0.0955. The molecule has 1 atom stereocenters. The summed E-state index contributed by atoms with van der Waals surface area (Å²) >= 11 is 6.17. The highest BCUT2D eigenvalue weighted by Crippen LogP contribution is 2.35. The molecule has 0 radical (unpaired) electrons. The van der Waals surface area contributed by atoms with Crippen LogP contribution >= 0.6 is 11.6 Å². The van der Waals surface area contributed by atoms with Crippen molar-refractivity contribution in [1.82, 2.24) is 19.8 Å².